The molecule has 0 spiro atoms. The molecule has 0 radical (unpaired) electrons. The number of hydrogen-bond acceptors (Lipinski definition) is 5. The van der Waals surface area contributed by atoms with Crippen molar-refractivity contribution in [1.82, 2.24) is 13.8 Å². The van der Waals surface area contributed by atoms with Gasteiger partial charge in [0.05, 0.1) is 24.8 Å². The van der Waals surface area contributed by atoms with Crippen molar-refractivity contribution in [3.05, 3.63) is 83.7 Å². The van der Waals surface area contributed by atoms with Gasteiger partial charge in [-0.25, -0.2) is 8.42 Å². The van der Waals surface area contributed by atoms with Crippen LogP contribution >= 0.6 is 0 Å². The van der Waals surface area contributed by atoms with E-state index < -0.39 is 10.0 Å². The molecule has 5 rings (SSSR count). The Balaban J connectivity index is 1.37. The Morgan fingerprint density at radius 1 is 1.08 bits per heavy atom. The van der Waals surface area contributed by atoms with Crippen molar-refractivity contribution in [1.29, 1.82) is 0 Å². The number of benzene rings is 2. The van der Waals surface area contributed by atoms with E-state index in [1.165, 1.54) is 11.4 Å². The molecule has 1 fully saturated rings. The third kappa shape index (κ3) is 4.40. The van der Waals surface area contributed by atoms with Gasteiger partial charge >= 0.3 is 0 Å². The molecule has 8 nitrogen and oxygen atoms in total. The Labute approximate surface area is 210 Å². The number of aryl methyl sites for hydroxylation is 1. The fourth-order valence-electron chi connectivity index (χ4n) is 4.83. The van der Waals surface area contributed by atoms with E-state index in [0.29, 0.717) is 36.8 Å². The van der Waals surface area contributed by atoms with E-state index in [4.69, 9.17) is 9.15 Å². The SMILES string of the molecule is COc1ccc(S(=O)(=O)N2CCN(C(=O)c3cc4ccoc4n3Cc3cccc(C)c3)C[C@H]2C)cc1. The lowest BCUT2D eigenvalue weighted by molar-refractivity contribution is 0.0632. The number of carbonyl (C=O) groups excluding carboxylic acids is 1. The van der Waals surface area contributed by atoms with Crippen molar-refractivity contribution in [2.24, 2.45) is 0 Å². The van der Waals surface area contributed by atoms with Crippen molar-refractivity contribution in [2.45, 2.75) is 31.3 Å². The molecule has 36 heavy (non-hydrogen) atoms. The summed E-state index contributed by atoms with van der Waals surface area (Å²) >= 11 is 0. The summed E-state index contributed by atoms with van der Waals surface area (Å²) in [5.41, 5.74) is 3.39. The minimum atomic E-state index is -3.69. The predicted octanol–water partition coefficient (Wildman–Crippen LogP) is 4.13. The Kier molecular flexibility index (Phi) is 6.36. The van der Waals surface area contributed by atoms with Crippen LogP contribution in [0, 0.1) is 6.92 Å². The molecular weight excluding hydrogens is 478 g/mol. The molecule has 1 atom stereocenters. The highest BCUT2D eigenvalue weighted by molar-refractivity contribution is 7.89. The first kappa shape index (κ1) is 24.1. The van der Waals surface area contributed by atoms with Crippen LogP contribution in [0.2, 0.25) is 0 Å². The first-order valence-corrected chi connectivity index (χ1v) is 13.3. The Hall–Kier alpha value is -3.56. The highest BCUT2D eigenvalue weighted by atomic mass is 32.2. The van der Waals surface area contributed by atoms with Gasteiger partial charge in [-0.15, -0.1) is 0 Å². The third-order valence-corrected chi connectivity index (χ3v) is 8.69. The molecule has 2 aromatic carbocycles. The van der Waals surface area contributed by atoms with Gasteiger partial charge < -0.3 is 18.6 Å². The van der Waals surface area contributed by atoms with Crippen molar-refractivity contribution >= 4 is 27.0 Å². The van der Waals surface area contributed by atoms with Gasteiger partial charge in [-0.1, -0.05) is 29.8 Å². The molecule has 1 amide bonds. The summed E-state index contributed by atoms with van der Waals surface area (Å²) in [5.74, 6) is 0.458. The number of rotatable bonds is 6. The Morgan fingerprint density at radius 3 is 2.56 bits per heavy atom. The van der Waals surface area contributed by atoms with Crippen LogP contribution in [0.1, 0.15) is 28.5 Å². The normalized spacial score (nSPS) is 17.0. The fraction of sp³-hybridized carbons (Fsp3) is 0.296. The lowest BCUT2D eigenvalue weighted by Gasteiger charge is -2.39. The van der Waals surface area contributed by atoms with Gasteiger partial charge in [-0.2, -0.15) is 4.31 Å². The van der Waals surface area contributed by atoms with E-state index in [1.54, 1.807) is 35.4 Å². The first-order chi connectivity index (χ1) is 17.3. The van der Waals surface area contributed by atoms with Gasteiger partial charge in [-0.05, 0) is 55.8 Å². The molecule has 1 saturated heterocycles. The molecule has 1 aliphatic heterocycles. The third-order valence-electron chi connectivity index (χ3n) is 6.66. The Bertz CT molecular complexity index is 1500. The largest absolute Gasteiger partial charge is 0.497 e. The maximum Gasteiger partial charge on any atom is 0.270 e. The van der Waals surface area contributed by atoms with Gasteiger partial charge in [0.2, 0.25) is 15.7 Å². The van der Waals surface area contributed by atoms with Crippen LogP contribution in [0.25, 0.3) is 11.1 Å². The number of sulfonamides is 1. The minimum Gasteiger partial charge on any atom is -0.497 e. The Morgan fingerprint density at radius 2 is 1.86 bits per heavy atom. The van der Waals surface area contributed by atoms with E-state index in [-0.39, 0.29) is 23.4 Å². The molecule has 3 heterocycles. The van der Waals surface area contributed by atoms with Crippen LogP contribution in [-0.2, 0) is 16.6 Å². The van der Waals surface area contributed by atoms with Crippen LogP contribution in [-0.4, -0.2) is 60.9 Å². The molecule has 0 unspecified atom stereocenters. The maximum atomic E-state index is 13.7. The number of methoxy groups -OCH3 is 1. The van der Waals surface area contributed by atoms with Gasteiger partial charge in [0.15, 0.2) is 0 Å². The number of amides is 1. The second-order valence-electron chi connectivity index (χ2n) is 9.18. The summed E-state index contributed by atoms with van der Waals surface area (Å²) in [6, 6.07) is 17.8. The smallest absolute Gasteiger partial charge is 0.270 e. The van der Waals surface area contributed by atoms with Crippen molar-refractivity contribution in [3.63, 3.8) is 0 Å². The van der Waals surface area contributed by atoms with E-state index in [9.17, 15) is 13.2 Å². The average Bonchev–Trinajstić information content (AvgIpc) is 3.46. The zero-order valence-electron chi connectivity index (χ0n) is 20.5. The summed E-state index contributed by atoms with van der Waals surface area (Å²) in [7, 11) is -2.16. The fourth-order valence-corrected chi connectivity index (χ4v) is 6.44. The molecular formula is C27H29N3O5S. The molecule has 1 aliphatic rings. The second-order valence-corrected chi connectivity index (χ2v) is 11.1. The van der Waals surface area contributed by atoms with E-state index >= 15 is 0 Å². The van der Waals surface area contributed by atoms with Crippen LogP contribution < -0.4 is 4.74 Å². The number of piperazine rings is 1. The topological polar surface area (TPSA) is 85.0 Å². The van der Waals surface area contributed by atoms with Crippen LogP contribution in [0.4, 0.5) is 0 Å². The number of fused-ring (bicyclic) bond motifs is 1. The number of furan rings is 1. The van der Waals surface area contributed by atoms with Crippen LogP contribution in [0.5, 0.6) is 5.75 Å². The first-order valence-electron chi connectivity index (χ1n) is 11.9. The van der Waals surface area contributed by atoms with Gasteiger partial charge in [0.1, 0.15) is 11.4 Å². The molecule has 0 N–H and O–H groups in total. The number of nitrogens with zero attached hydrogens (tertiary/aromatic N) is 3. The molecule has 9 heteroatoms. The average molecular weight is 508 g/mol. The number of ether oxygens (including phenoxy) is 1. The zero-order chi connectivity index (χ0) is 25.4. The molecule has 0 bridgehead atoms. The lowest BCUT2D eigenvalue weighted by Crippen LogP contribution is -2.55. The van der Waals surface area contributed by atoms with E-state index in [1.807, 2.05) is 48.7 Å². The summed E-state index contributed by atoms with van der Waals surface area (Å²) in [6.45, 7) is 5.19. The van der Waals surface area contributed by atoms with E-state index in [2.05, 4.69) is 6.07 Å². The number of carbonyl (C=O) groups is 1. The summed E-state index contributed by atoms with van der Waals surface area (Å²) in [5, 5.41) is 0.861. The summed E-state index contributed by atoms with van der Waals surface area (Å²) in [4.78, 5) is 15.6. The summed E-state index contributed by atoms with van der Waals surface area (Å²) in [6.07, 6.45) is 1.62. The van der Waals surface area contributed by atoms with Crippen LogP contribution in [0.15, 0.2) is 76.2 Å². The highest BCUT2D eigenvalue weighted by Crippen LogP contribution is 2.27. The molecule has 0 saturated carbocycles. The summed E-state index contributed by atoms with van der Waals surface area (Å²) < 4.78 is 40.8. The van der Waals surface area contributed by atoms with Crippen molar-refractivity contribution in [3.8, 4) is 5.75 Å². The van der Waals surface area contributed by atoms with Crippen molar-refractivity contribution in [2.75, 3.05) is 26.7 Å². The molecule has 2 aromatic heterocycles. The molecule has 188 valence electrons. The monoisotopic (exact) mass is 507 g/mol. The van der Waals surface area contributed by atoms with E-state index in [0.717, 1.165) is 16.5 Å². The second kappa shape index (κ2) is 9.48. The van der Waals surface area contributed by atoms with Gasteiger partial charge in [0, 0.05) is 31.1 Å². The van der Waals surface area contributed by atoms with Crippen molar-refractivity contribution < 1.29 is 22.4 Å². The zero-order valence-corrected chi connectivity index (χ0v) is 21.4. The standard InChI is InChI=1S/C27H29N3O5S/c1-19-5-4-6-21(15-19)18-29-25(16-22-11-14-35-27(22)29)26(31)28-12-13-30(20(2)17-28)36(32,33)24-9-7-23(34-3)8-10-24/h4-11,14-16,20H,12-13,17-18H2,1-3H3/t20-/m1/s1. The van der Waals surface area contributed by atoms with Gasteiger partial charge in [0.25, 0.3) is 5.91 Å². The van der Waals surface area contributed by atoms with Gasteiger partial charge in [-0.3, -0.25) is 4.79 Å². The number of hydrogen-bond donors (Lipinski definition) is 0. The van der Waals surface area contributed by atoms with Crippen LogP contribution in [0.3, 0.4) is 0 Å². The molecule has 4 aromatic rings. The maximum absolute atomic E-state index is 13.7. The predicted molar refractivity (Wildman–Crippen MR) is 137 cm³/mol. The molecule has 0 aliphatic carbocycles. The quantitative estimate of drug-likeness (QED) is 0.392. The minimum absolute atomic E-state index is 0.137. The highest BCUT2D eigenvalue weighted by Gasteiger charge is 2.36. The lowest BCUT2D eigenvalue weighted by atomic mass is 10.1. The number of aromatic nitrogens is 1.